The number of hydrogen-bond acceptors (Lipinski definition) is 6. The van der Waals surface area contributed by atoms with Crippen LogP contribution in [-0.4, -0.2) is 37.2 Å². The molecule has 1 atom stereocenters. The van der Waals surface area contributed by atoms with Crippen molar-refractivity contribution in [2.45, 2.75) is 252 Å². The molecule has 0 saturated heterocycles. The summed E-state index contributed by atoms with van der Waals surface area (Å²) in [6.45, 7) is 6.52. The molecule has 0 unspecified atom stereocenters. The van der Waals surface area contributed by atoms with Gasteiger partial charge in [0.25, 0.3) is 0 Å². The van der Waals surface area contributed by atoms with Crippen LogP contribution in [0.15, 0.2) is 60.8 Å². The molecular weight excluding hydrogens is 745 g/mol. The number of carbonyl (C=O) groups excluding carboxylic acids is 3. The van der Waals surface area contributed by atoms with Gasteiger partial charge in [-0.1, -0.05) is 210 Å². The maximum atomic E-state index is 12.8. The van der Waals surface area contributed by atoms with Gasteiger partial charge in [0.2, 0.25) is 0 Å². The first kappa shape index (κ1) is 57.1. The van der Waals surface area contributed by atoms with Crippen LogP contribution < -0.4 is 0 Å². The maximum Gasteiger partial charge on any atom is 0.306 e. The number of hydrogen-bond donors (Lipinski definition) is 0. The Balaban J connectivity index is 4.45. The van der Waals surface area contributed by atoms with Gasteiger partial charge in [0.05, 0.1) is 0 Å². The summed E-state index contributed by atoms with van der Waals surface area (Å²) in [6, 6.07) is 0. The molecule has 0 aromatic carbocycles. The zero-order valence-corrected chi connectivity index (χ0v) is 39.5. The van der Waals surface area contributed by atoms with Crippen molar-refractivity contribution in [3.8, 4) is 0 Å². The summed E-state index contributed by atoms with van der Waals surface area (Å²) in [5.74, 6) is -0.958. The van der Waals surface area contributed by atoms with Crippen LogP contribution in [0.25, 0.3) is 0 Å². The molecule has 0 bridgehead atoms. The minimum atomic E-state index is -0.795. The molecule has 0 aromatic rings. The second kappa shape index (κ2) is 48.8. The highest BCUT2D eigenvalue weighted by Gasteiger charge is 2.19. The zero-order chi connectivity index (χ0) is 43.7. The van der Waals surface area contributed by atoms with Crippen LogP contribution in [0.4, 0.5) is 0 Å². The smallest absolute Gasteiger partial charge is 0.306 e. The summed E-state index contributed by atoms with van der Waals surface area (Å²) in [5.41, 5.74) is 0. The van der Waals surface area contributed by atoms with Gasteiger partial charge in [-0.3, -0.25) is 14.4 Å². The Kier molecular flexibility index (Phi) is 46.4. The highest BCUT2D eigenvalue weighted by molar-refractivity contribution is 5.71. The third kappa shape index (κ3) is 46.2. The summed E-state index contributed by atoms with van der Waals surface area (Å²) in [5, 5.41) is 0. The number of esters is 3. The fraction of sp³-hybridized carbons (Fsp3) is 0.759. The normalized spacial score (nSPS) is 12.5. The molecule has 6 nitrogen and oxygen atoms in total. The van der Waals surface area contributed by atoms with Crippen molar-refractivity contribution in [2.75, 3.05) is 13.2 Å². The lowest BCUT2D eigenvalue weighted by molar-refractivity contribution is -0.167. The van der Waals surface area contributed by atoms with Crippen LogP contribution in [0.5, 0.6) is 0 Å². The lowest BCUT2D eigenvalue weighted by atomic mass is 10.0. The SMILES string of the molecule is CCCC/C=C\CCCCCCCC(=O)OC[C@H](COC(=O)CCC/C=C\C/C=C\C/C=C\C/C=C\CCCCC)OC(=O)CCCCCCCCCCCCCCCC. The van der Waals surface area contributed by atoms with E-state index in [1.807, 2.05) is 0 Å². The molecule has 0 aliphatic heterocycles. The van der Waals surface area contributed by atoms with Crippen LogP contribution in [0.3, 0.4) is 0 Å². The van der Waals surface area contributed by atoms with E-state index in [0.717, 1.165) is 70.6 Å². The van der Waals surface area contributed by atoms with Crippen molar-refractivity contribution in [1.82, 2.24) is 0 Å². The second-order valence-electron chi connectivity index (χ2n) is 16.7. The highest BCUT2D eigenvalue weighted by Crippen LogP contribution is 2.15. The van der Waals surface area contributed by atoms with Crippen molar-refractivity contribution >= 4 is 17.9 Å². The lowest BCUT2D eigenvalue weighted by Crippen LogP contribution is -2.30. The Labute approximate surface area is 370 Å². The van der Waals surface area contributed by atoms with Gasteiger partial charge in [-0.15, -0.1) is 0 Å². The number of allylic oxidation sites excluding steroid dienone is 10. The van der Waals surface area contributed by atoms with Gasteiger partial charge in [-0.2, -0.15) is 0 Å². The van der Waals surface area contributed by atoms with E-state index < -0.39 is 6.10 Å². The van der Waals surface area contributed by atoms with E-state index in [1.165, 1.54) is 128 Å². The molecule has 0 aromatic heterocycles. The topological polar surface area (TPSA) is 78.9 Å². The van der Waals surface area contributed by atoms with Gasteiger partial charge in [0.15, 0.2) is 6.10 Å². The third-order valence-corrected chi connectivity index (χ3v) is 10.7. The quantitative estimate of drug-likeness (QED) is 0.0263. The van der Waals surface area contributed by atoms with Crippen LogP contribution in [0.1, 0.15) is 245 Å². The van der Waals surface area contributed by atoms with E-state index in [1.54, 1.807) is 0 Å². The van der Waals surface area contributed by atoms with Crippen molar-refractivity contribution < 1.29 is 28.6 Å². The molecular formula is C54H94O6. The molecule has 0 heterocycles. The maximum absolute atomic E-state index is 12.8. The first-order valence-corrected chi connectivity index (χ1v) is 25.3. The number of unbranched alkanes of at least 4 members (excludes halogenated alkanes) is 24. The first-order chi connectivity index (χ1) is 29.5. The van der Waals surface area contributed by atoms with Gasteiger partial charge in [0.1, 0.15) is 13.2 Å². The standard InChI is InChI=1S/C54H94O6/c1-4-7-10-13-16-19-22-24-26-27-28-30-32-35-38-41-44-47-53(56)59-50-51(49-58-52(55)46-43-40-37-34-31-21-18-15-12-9-6-3)60-54(57)48-45-42-39-36-33-29-25-23-20-17-14-11-8-5-2/h15-16,18-19,24,26,28,30,35,38,51H,4-14,17,20-23,25,27,29,31-34,36-37,39-50H2,1-3H3/b18-15-,19-16-,26-24-,30-28-,38-35-/t51-/m1/s1. The number of ether oxygens (including phenoxy) is 3. The Hall–Kier alpha value is -2.89. The molecule has 0 amide bonds. The molecule has 0 aliphatic rings. The summed E-state index contributed by atoms with van der Waals surface area (Å²) in [6.07, 6.45) is 59.2. The molecule has 0 fully saturated rings. The van der Waals surface area contributed by atoms with E-state index in [4.69, 9.17) is 14.2 Å². The molecule has 6 heteroatoms. The molecule has 0 aliphatic carbocycles. The minimum Gasteiger partial charge on any atom is -0.462 e. The Morgan fingerprint density at radius 3 is 1.10 bits per heavy atom. The van der Waals surface area contributed by atoms with Crippen molar-refractivity contribution in [1.29, 1.82) is 0 Å². The highest BCUT2D eigenvalue weighted by atomic mass is 16.6. The summed E-state index contributed by atoms with van der Waals surface area (Å²) in [7, 11) is 0. The van der Waals surface area contributed by atoms with Crippen LogP contribution >= 0.6 is 0 Å². The van der Waals surface area contributed by atoms with Gasteiger partial charge in [0, 0.05) is 19.3 Å². The fourth-order valence-electron chi connectivity index (χ4n) is 6.89. The van der Waals surface area contributed by atoms with E-state index in [-0.39, 0.29) is 37.5 Å². The van der Waals surface area contributed by atoms with Gasteiger partial charge < -0.3 is 14.2 Å². The molecule has 0 saturated carbocycles. The minimum absolute atomic E-state index is 0.0941. The Bertz CT molecular complexity index is 1100. The summed E-state index contributed by atoms with van der Waals surface area (Å²) in [4.78, 5) is 37.9. The van der Waals surface area contributed by atoms with E-state index >= 15 is 0 Å². The first-order valence-electron chi connectivity index (χ1n) is 25.3. The van der Waals surface area contributed by atoms with E-state index in [2.05, 4.69) is 81.5 Å². The monoisotopic (exact) mass is 839 g/mol. The van der Waals surface area contributed by atoms with Crippen molar-refractivity contribution in [2.24, 2.45) is 0 Å². The van der Waals surface area contributed by atoms with E-state index in [9.17, 15) is 14.4 Å². The Morgan fingerprint density at radius 2 is 0.633 bits per heavy atom. The number of carbonyl (C=O) groups is 3. The predicted molar refractivity (Wildman–Crippen MR) is 256 cm³/mol. The average Bonchev–Trinajstić information content (AvgIpc) is 3.24. The second-order valence-corrected chi connectivity index (χ2v) is 16.7. The third-order valence-electron chi connectivity index (χ3n) is 10.7. The van der Waals surface area contributed by atoms with Crippen LogP contribution in [0, 0.1) is 0 Å². The molecule has 60 heavy (non-hydrogen) atoms. The van der Waals surface area contributed by atoms with Crippen molar-refractivity contribution in [3.05, 3.63) is 60.8 Å². The molecule has 0 radical (unpaired) electrons. The molecule has 0 spiro atoms. The number of rotatable bonds is 45. The molecule has 0 N–H and O–H groups in total. The summed E-state index contributed by atoms with van der Waals surface area (Å²) < 4.78 is 16.7. The van der Waals surface area contributed by atoms with Gasteiger partial charge in [-0.25, -0.2) is 0 Å². The largest absolute Gasteiger partial charge is 0.462 e. The Morgan fingerprint density at radius 1 is 0.333 bits per heavy atom. The zero-order valence-electron chi connectivity index (χ0n) is 39.5. The molecule has 346 valence electrons. The fourth-order valence-corrected chi connectivity index (χ4v) is 6.89. The van der Waals surface area contributed by atoms with Crippen LogP contribution in [-0.2, 0) is 28.6 Å². The average molecular weight is 839 g/mol. The van der Waals surface area contributed by atoms with Gasteiger partial charge in [-0.05, 0) is 77.0 Å². The van der Waals surface area contributed by atoms with Crippen molar-refractivity contribution in [3.63, 3.8) is 0 Å². The van der Waals surface area contributed by atoms with Crippen LogP contribution in [0.2, 0.25) is 0 Å². The lowest BCUT2D eigenvalue weighted by Gasteiger charge is -2.18. The van der Waals surface area contributed by atoms with E-state index in [0.29, 0.717) is 19.3 Å². The van der Waals surface area contributed by atoms with Gasteiger partial charge >= 0.3 is 17.9 Å². The summed E-state index contributed by atoms with van der Waals surface area (Å²) >= 11 is 0. The predicted octanol–water partition coefficient (Wildman–Crippen LogP) is 16.5. The molecule has 0 rings (SSSR count).